The van der Waals surface area contributed by atoms with Crippen LogP contribution in [0.3, 0.4) is 0 Å². The number of aliphatic carboxylic acids is 1. The number of aromatic nitrogens is 2. The fourth-order valence-electron chi connectivity index (χ4n) is 4.95. The Morgan fingerprint density at radius 3 is 2.71 bits per heavy atom. The molecular weight excluding hydrogens is 444 g/mol. The summed E-state index contributed by atoms with van der Waals surface area (Å²) < 4.78 is 17.3. The number of rotatable bonds is 8. The van der Waals surface area contributed by atoms with Crippen LogP contribution in [0.1, 0.15) is 52.8 Å². The summed E-state index contributed by atoms with van der Waals surface area (Å²) >= 11 is 0. The number of nitrogens with zero attached hydrogens (tertiary/aromatic N) is 2. The molecule has 0 saturated heterocycles. The lowest BCUT2D eigenvalue weighted by molar-refractivity contribution is -0.137. The highest BCUT2D eigenvalue weighted by molar-refractivity contribution is 5.72. The molecule has 0 spiro atoms. The molecule has 0 unspecified atom stereocenters. The molecule has 2 aromatic carbocycles. The van der Waals surface area contributed by atoms with Crippen LogP contribution in [0.25, 0.3) is 22.6 Å². The van der Waals surface area contributed by atoms with E-state index in [-0.39, 0.29) is 12.3 Å². The number of hydrogen-bond acceptors (Lipinski definition) is 6. The quantitative estimate of drug-likeness (QED) is 0.333. The molecule has 1 atom stereocenters. The summed E-state index contributed by atoms with van der Waals surface area (Å²) in [4.78, 5) is 15.8. The van der Waals surface area contributed by atoms with Gasteiger partial charge in [0.1, 0.15) is 17.3 Å². The molecule has 1 N–H and O–H groups in total. The summed E-state index contributed by atoms with van der Waals surface area (Å²) in [7, 11) is 0. The predicted octanol–water partition coefficient (Wildman–Crippen LogP) is 6.05. The van der Waals surface area contributed by atoms with E-state index in [2.05, 4.69) is 5.16 Å². The van der Waals surface area contributed by atoms with Gasteiger partial charge in [-0.15, -0.1) is 0 Å². The zero-order chi connectivity index (χ0) is 24.5. The summed E-state index contributed by atoms with van der Waals surface area (Å²) in [5, 5.41) is 13.2. The van der Waals surface area contributed by atoms with Gasteiger partial charge in [-0.2, -0.15) is 0 Å². The number of oxazole rings is 1. The lowest BCUT2D eigenvalue weighted by Gasteiger charge is -2.10. The predicted molar refractivity (Wildman–Crippen MR) is 131 cm³/mol. The van der Waals surface area contributed by atoms with Crippen molar-refractivity contribution >= 4 is 5.97 Å². The molecule has 4 aromatic rings. The molecule has 0 fully saturated rings. The number of carboxylic acids is 1. The van der Waals surface area contributed by atoms with Gasteiger partial charge in [-0.25, -0.2) is 4.98 Å². The lowest BCUT2D eigenvalue weighted by atomic mass is 9.98. The van der Waals surface area contributed by atoms with E-state index in [4.69, 9.17) is 23.8 Å². The van der Waals surface area contributed by atoms with Gasteiger partial charge in [0.05, 0.1) is 24.4 Å². The summed E-state index contributed by atoms with van der Waals surface area (Å²) in [6.07, 6.45) is 2.58. The first-order chi connectivity index (χ1) is 16.9. The molecule has 180 valence electrons. The Kier molecular flexibility index (Phi) is 6.16. The zero-order valence-electron chi connectivity index (χ0n) is 20.1. The number of ether oxygens (including phenoxy) is 1. The standard InChI is InChI=1S/C28H28N2O5/c1-16-27(18(3)35-30-16)21-5-4-6-22(13-21)28-29-25(17(2)34-28)11-12-33-23-9-10-24-19(14-23)7-8-20(24)15-26(31)32/h4-6,9-10,13-14,20H,7-8,11-12,15H2,1-3H3,(H,31,32)/t20-/m0/s1. The Morgan fingerprint density at radius 1 is 1.11 bits per heavy atom. The minimum Gasteiger partial charge on any atom is -0.493 e. The van der Waals surface area contributed by atoms with Gasteiger partial charge < -0.3 is 18.8 Å². The van der Waals surface area contributed by atoms with E-state index in [1.54, 1.807) is 0 Å². The highest BCUT2D eigenvalue weighted by atomic mass is 16.5. The molecule has 0 aliphatic heterocycles. The fraction of sp³-hybridized carbons (Fsp3) is 0.321. The molecule has 1 aliphatic carbocycles. The minimum absolute atomic E-state index is 0.101. The van der Waals surface area contributed by atoms with Crippen LogP contribution >= 0.6 is 0 Å². The number of benzene rings is 2. The third kappa shape index (κ3) is 4.71. The second kappa shape index (κ2) is 9.41. The highest BCUT2D eigenvalue weighted by Crippen LogP contribution is 2.37. The van der Waals surface area contributed by atoms with Crippen molar-refractivity contribution in [2.75, 3.05) is 6.61 Å². The van der Waals surface area contributed by atoms with Crippen molar-refractivity contribution in [1.29, 1.82) is 0 Å². The monoisotopic (exact) mass is 472 g/mol. The van der Waals surface area contributed by atoms with Gasteiger partial charge in [-0.3, -0.25) is 4.79 Å². The Balaban J connectivity index is 1.25. The molecular formula is C28H28N2O5. The fourth-order valence-corrected chi connectivity index (χ4v) is 4.95. The first kappa shape index (κ1) is 22.9. The minimum atomic E-state index is -0.749. The van der Waals surface area contributed by atoms with Gasteiger partial charge in [0.2, 0.25) is 5.89 Å². The summed E-state index contributed by atoms with van der Waals surface area (Å²) in [6, 6.07) is 14.0. The Labute approximate surface area is 203 Å². The van der Waals surface area contributed by atoms with Crippen molar-refractivity contribution < 1.29 is 23.6 Å². The van der Waals surface area contributed by atoms with Crippen molar-refractivity contribution in [3.8, 4) is 28.3 Å². The SMILES string of the molecule is Cc1noc(C)c1-c1cccc(-c2nc(CCOc3ccc4c(c3)CC[C@H]4CC(=O)O)c(C)o2)c1. The number of carboxylic acid groups (broad SMARTS) is 1. The molecule has 1 aliphatic rings. The van der Waals surface area contributed by atoms with E-state index in [0.717, 1.165) is 63.8 Å². The van der Waals surface area contributed by atoms with Gasteiger partial charge in [-0.1, -0.05) is 23.4 Å². The first-order valence-electron chi connectivity index (χ1n) is 11.9. The van der Waals surface area contributed by atoms with Crippen LogP contribution in [0, 0.1) is 20.8 Å². The molecule has 7 nitrogen and oxygen atoms in total. The number of fused-ring (bicyclic) bond motifs is 1. The highest BCUT2D eigenvalue weighted by Gasteiger charge is 2.25. The molecule has 2 heterocycles. The van der Waals surface area contributed by atoms with Crippen LogP contribution in [-0.4, -0.2) is 27.8 Å². The lowest BCUT2D eigenvalue weighted by Crippen LogP contribution is -2.04. The average Bonchev–Trinajstić information content (AvgIpc) is 3.50. The van der Waals surface area contributed by atoms with Crippen molar-refractivity contribution in [2.45, 2.75) is 52.4 Å². The second-order valence-electron chi connectivity index (χ2n) is 9.09. The largest absolute Gasteiger partial charge is 0.493 e. The number of aryl methyl sites for hydroxylation is 4. The first-order valence-corrected chi connectivity index (χ1v) is 11.9. The van der Waals surface area contributed by atoms with E-state index in [1.165, 1.54) is 5.56 Å². The van der Waals surface area contributed by atoms with E-state index in [0.29, 0.717) is 18.9 Å². The number of carbonyl (C=O) groups is 1. The molecule has 35 heavy (non-hydrogen) atoms. The molecule has 0 amide bonds. The maximum Gasteiger partial charge on any atom is 0.303 e. The van der Waals surface area contributed by atoms with Crippen molar-refractivity contribution in [2.24, 2.45) is 0 Å². The third-order valence-corrected chi connectivity index (χ3v) is 6.67. The smallest absolute Gasteiger partial charge is 0.303 e. The number of hydrogen-bond donors (Lipinski definition) is 1. The molecule has 0 bridgehead atoms. The van der Waals surface area contributed by atoms with Crippen LogP contribution in [0.4, 0.5) is 0 Å². The average molecular weight is 473 g/mol. The zero-order valence-corrected chi connectivity index (χ0v) is 20.1. The summed E-state index contributed by atoms with van der Waals surface area (Å²) in [5.74, 6) is 2.29. The van der Waals surface area contributed by atoms with E-state index in [1.807, 2.05) is 63.2 Å². The van der Waals surface area contributed by atoms with Crippen LogP contribution in [0.5, 0.6) is 5.75 Å². The van der Waals surface area contributed by atoms with Crippen LogP contribution < -0.4 is 4.74 Å². The normalized spacial score (nSPS) is 14.8. The van der Waals surface area contributed by atoms with Gasteiger partial charge in [0, 0.05) is 17.5 Å². The Bertz CT molecular complexity index is 1360. The molecule has 0 saturated carbocycles. The van der Waals surface area contributed by atoms with Crippen LogP contribution in [-0.2, 0) is 17.6 Å². The van der Waals surface area contributed by atoms with E-state index >= 15 is 0 Å². The van der Waals surface area contributed by atoms with Crippen molar-refractivity contribution in [1.82, 2.24) is 10.1 Å². The van der Waals surface area contributed by atoms with Gasteiger partial charge in [0.25, 0.3) is 0 Å². The Morgan fingerprint density at radius 2 is 1.94 bits per heavy atom. The molecule has 5 rings (SSSR count). The molecule has 2 aromatic heterocycles. The molecule has 7 heteroatoms. The third-order valence-electron chi connectivity index (χ3n) is 6.67. The summed E-state index contributed by atoms with van der Waals surface area (Å²) in [6.45, 7) is 6.23. The van der Waals surface area contributed by atoms with Gasteiger partial charge in [-0.05, 0) is 80.5 Å². The van der Waals surface area contributed by atoms with Crippen LogP contribution in [0.2, 0.25) is 0 Å². The van der Waals surface area contributed by atoms with E-state index < -0.39 is 5.97 Å². The summed E-state index contributed by atoms with van der Waals surface area (Å²) in [5.41, 5.74) is 6.94. The van der Waals surface area contributed by atoms with Crippen LogP contribution in [0.15, 0.2) is 51.4 Å². The van der Waals surface area contributed by atoms with Crippen molar-refractivity contribution in [3.63, 3.8) is 0 Å². The molecule has 0 radical (unpaired) electrons. The second-order valence-corrected chi connectivity index (χ2v) is 9.09. The van der Waals surface area contributed by atoms with E-state index in [9.17, 15) is 4.79 Å². The Hall–Kier alpha value is -3.87. The van der Waals surface area contributed by atoms with Gasteiger partial charge >= 0.3 is 5.97 Å². The van der Waals surface area contributed by atoms with Crippen molar-refractivity contribution in [3.05, 3.63) is 76.5 Å². The maximum absolute atomic E-state index is 11.1. The maximum atomic E-state index is 11.1. The topological polar surface area (TPSA) is 98.6 Å². The van der Waals surface area contributed by atoms with Gasteiger partial charge in [0.15, 0.2) is 0 Å².